The molecule has 1 saturated carbocycles. The monoisotopic (exact) mass is 1070 g/mol. The molecule has 0 spiro atoms. The molecule has 2 fully saturated rings. The second kappa shape index (κ2) is 29.3. The zero-order valence-corrected chi connectivity index (χ0v) is 48.2. The third-order valence-electron chi connectivity index (χ3n) is 14.3. The van der Waals surface area contributed by atoms with Crippen LogP contribution in [0, 0.1) is 23.7 Å². The molecule has 20 heteroatoms. The number of rotatable bonds is 28. The van der Waals surface area contributed by atoms with Gasteiger partial charge in [-0.1, -0.05) is 71.9 Å². The molecule has 1 aliphatic carbocycles. The van der Waals surface area contributed by atoms with E-state index in [-0.39, 0.29) is 54.9 Å². The Labute approximate surface area is 452 Å². The molecule has 10 atom stereocenters. The fourth-order valence-electron chi connectivity index (χ4n) is 9.49. The van der Waals surface area contributed by atoms with Gasteiger partial charge in [-0.3, -0.25) is 43.2 Å². The van der Waals surface area contributed by atoms with Crippen molar-refractivity contribution in [2.75, 3.05) is 47.9 Å². The third-order valence-corrected chi connectivity index (χ3v) is 14.3. The number of nitrogens with one attached hydrogen (secondary N) is 3. The second-order valence-corrected chi connectivity index (χ2v) is 23.5. The Balaban J connectivity index is 1.94. The van der Waals surface area contributed by atoms with Crippen LogP contribution in [0.2, 0.25) is 0 Å². The van der Waals surface area contributed by atoms with E-state index < -0.39 is 108 Å². The number of amides is 8. The highest BCUT2D eigenvalue weighted by atomic mass is 16.5. The molecule has 0 radical (unpaired) electrons. The number of carbonyl (C=O) groups is 9. The van der Waals surface area contributed by atoms with E-state index in [1.807, 2.05) is 68.4 Å². The van der Waals surface area contributed by atoms with E-state index in [1.165, 1.54) is 44.8 Å². The van der Waals surface area contributed by atoms with E-state index in [2.05, 4.69) is 16.0 Å². The minimum Gasteiger partial charge on any atom is -0.391 e. The Kier molecular flexibility index (Phi) is 25.0. The minimum absolute atomic E-state index is 0.0334. The molecule has 1 heterocycles. The number of ketones is 1. The fraction of sp³-hybridized carbons (Fsp3) is 0.732. The van der Waals surface area contributed by atoms with Crippen LogP contribution in [0.1, 0.15) is 133 Å². The highest BCUT2D eigenvalue weighted by molar-refractivity contribution is 5.99. The summed E-state index contributed by atoms with van der Waals surface area (Å²) >= 11 is 0. The molecule has 428 valence electrons. The molecule has 1 aromatic carbocycles. The SMILES string of the molecule is CC(C)CC([C@@H]1CC1=O)N(C)C(=O)[C@H](COC(C)(C)C)NC(=O)[C@H](Cc1ccccc1)N(C)C(=O)[C@H](C)N(C)C(=O)C[C@H](NC(=O)[C@H](CC(C)C)N(C)C(=O)[C@@H](NC(=O)[C@@H](N)CC(C)C)[C@@H](C)O)C(=O)N1CCCCC1. The zero-order valence-electron chi connectivity index (χ0n) is 48.2. The van der Waals surface area contributed by atoms with Crippen LogP contribution in [-0.4, -0.2) is 191 Å². The first-order valence-electron chi connectivity index (χ1n) is 27.3. The Bertz CT molecular complexity index is 2140. The summed E-state index contributed by atoms with van der Waals surface area (Å²) in [5.41, 5.74) is 6.12. The highest BCUT2D eigenvalue weighted by Crippen LogP contribution is 2.34. The van der Waals surface area contributed by atoms with Crippen LogP contribution >= 0.6 is 0 Å². The molecule has 76 heavy (non-hydrogen) atoms. The van der Waals surface area contributed by atoms with E-state index >= 15 is 0 Å². The summed E-state index contributed by atoms with van der Waals surface area (Å²) in [6, 6.07) is 0.0332. The largest absolute Gasteiger partial charge is 0.391 e. The summed E-state index contributed by atoms with van der Waals surface area (Å²) in [5, 5.41) is 18.9. The molecule has 0 bridgehead atoms. The van der Waals surface area contributed by atoms with Crippen LogP contribution < -0.4 is 21.7 Å². The molecule has 8 amide bonds. The van der Waals surface area contributed by atoms with Crippen molar-refractivity contribution in [3.8, 4) is 0 Å². The van der Waals surface area contributed by atoms with Gasteiger partial charge in [0.05, 0.1) is 30.8 Å². The van der Waals surface area contributed by atoms with Crippen LogP contribution in [-0.2, 0) is 54.3 Å². The number of hydrogen-bond donors (Lipinski definition) is 5. The van der Waals surface area contributed by atoms with Crippen LogP contribution in [0.4, 0.5) is 0 Å². The molecule has 0 aromatic heterocycles. The summed E-state index contributed by atoms with van der Waals surface area (Å²) in [6.45, 7) is 20.4. The van der Waals surface area contributed by atoms with E-state index in [0.29, 0.717) is 50.8 Å². The number of Topliss-reactive ketones (excluding diaryl/α,β-unsaturated/α-hetero) is 1. The van der Waals surface area contributed by atoms with Gasteiger partial charge in [0.1, 0.15) is 42.0 Å². The number of piperidine rings is 1. The van der Waals surface area contributed by atoms with Gasteiger partial charge in [0.25, 0.3) is 0 Å². The second-order valence-electron chi connectivity index (χ2n) is 23.5. The van der Waals surface area contributed by atoms with E-state index in [1.54, 1.807) is 36.2 Å². The van der Waals surface area contributed by atoms with Crippen molar-refractivity contribution in [1.82, 2.24) is 40.4 Å². The number of aliphatic hydroxyl groups is 1. The van der Waals surface area contributed by atoms with Crippen LogP contribution in [0.25, 0.3) is 0 Å². The summed E-state index contributed by atoms with van der Waals surface area (Å²) in [7, 11) is 5.84. The molecular formula is C56H93N9O11. The van der Waals surface area contributed by atoms with Gasteiger partial charge >= 0.3 is 0 Å². The van der Waals surface area contributed by atoms with Gasteiger partial charge < -0.3 is 56.0 Å². The smallest absolute Gasteiger partial charge is 0.248 e. The zero-order chi connectivity index (χ0) is 57.5. The lowest BCUT2D eigenvalue weighted by atomic mass is 9.98. The number of likely N-dealkylation sites (tertiary alicyclic amines) is 1. The van der Waals surface area contributed by atoms with Crippen molar-refractivity contribution >= 4 is 53.0 Å². The van der Waals surface area contributed by atoms with E-state index in [0.717, 1.165) is 16.2 Å². The lowest BCUT2D eigenvalue weighted by Crippen LogP contribution is -2.61. The van der Waals surface area contributed by atoms with Gasteiger partial charge in [-0.15, -0.1) is 0 Å². The van der Waals surface area contributed by atoms with E-state index in [4.69, 9.17) is 10.5 Å². The molecule has 20 nitrogen and oxygen atoms in total. The number of nitrogens with zero attached hydrogens (tertiary/aromatic N) is 5. The standard InChI is InChI=1S/C56H93N9O11/c1-33(2)26-40(57)49(69)60-48(37(8)66)55(75)64(15)44(28-35(5)6)50(70)58-41(54(74)65-24-20-17-21-25-65)31-47(68)61(12)36(7)52(72)63(14)45(29-38-22-18-16-19-23-38)51(71)59-42(32-76-56(9,10)11)53(73)62(13)43(27-34(3)4)39-30-46(39)67/h16,18-19,22-23,33-37,39-45,48,66H,17,20-21,24-32,57H2,1-15H3,(H,58,70)(H,59,71)(H,60,69)/t36-,37+,39-,40-,41-,42-,43?,44-,45-,48-/m0/s1. The Morgan fingerprint density at radius 2 is 1.21 bits per heavy atom. The van der Waals surface area contributed by atoms with Crippen LogP contribution in [0.3, 0.4) is 0 Å². The predicted octanol–water partition coefficient (Wildman–Crippen LogP) is 2.66. The lowest BCUT2D eigenvalue weighted by molar-refractivity contribution is -0.149. The quantitative estimate of drug-likeness (QED) is 0.0812. The minimum atomic E-state index is -1.45. The van der Waals surface area contributed by atoms with E-state index in [9.17, 15) is 48.3 Å². The Morgan fingerprint density at radius 3 is 1.72 bits per heavy atom. The maximum Gasteiger partial charge on any atom is 0.248 e. The average molecular weight is 1070 g/mol. The topological polar surface area (TPSA) is 261 Å². The summed E-state index contributed by atoms with van der Waals surface area (Å²) in [4.78, 5) is 133. The molecule has 2 aliphatic rings. The van der Waals surface area contributed by atoms with Crippen molar-refractivity contribution in [1.29, 1.82) is 0 Å². The molecule has 3 rings (SSSR count). The maximum absolute atomic E-state index is 14.7. The molecule has 1 aromatic rings. The highest BCUT2D eigenvalue weighted by Gasteiger charge is 2.46. The van der Waals surface area contributed by atoms with Crippen molar-refractivity contribution < 1.29 is 53.0 Å². The Hall–Kier alpha value is -5.47. The van der Waals surface area contributed by atoms with Crippen LogP contribution in [0.5, 0.6) is 0 Å². The van der Waals surface area contributed by atoms with Crippen molar-refractivity contribution in [2.45, 2.75) is 194 Å². The average Bonchev–Trinajstić information content (AvgIpc) is 4.09. The normalized spacial score (nSPS) is 18.3. The number of ether oxygens (including phenoxy) is 1. The summed E-state index contributed by atoms with van der Waals surface area (Å²) in [5.74, 6) is -5.18. The third kappa shape index (κ3) is 19.5. The van der Waals surface area contributed by atoms with Gasteiger partial charge in [-0.05, 0) is 96.5 Å². The van der Waals surface area contributed by atoms with Crippen LogP contribution in [0.15, 0.2) is 30.3 Å². The predicted molar refractivity (Wildman–Crippen MR) is 290 cm³/mol. The van der Waals surface area contributed by atoms with Crippen molar-refractivity contribution in [2.24, 2.45) is 29.4 Å². The number of hydrogen-bond acceptors (Lipinski definition) is 12. The van der Waals surface area contributed by atoms with Gasteiger partial charge in [-0.2, -0.15) is 0 Å². The molecule has 1 aliphatic heterocycles. The van der Waals surface area contributed by atoms with Crippen molar-refractivity contribution in [3.05, 3.63) is 35.9 Å². The first-order chi connectivity index (χ1) is 35.4. The van der Waals surface area contributed by atoms with Crippen molar-refractivity contribution in [3.63, 3.8) is 0 Å². The first-order valence-corrected chi connectivity index (χ1v) is 27.3. The fourth-order valence-corrected chi connectivity index (χ4v) is 9.49. The van der Waals surface area contributed by atoms with Gasteiger partial charge in [0.2, 0.25) is 47.3 Å². The van der Waals surface area contributed by atoms with Gasteiger partial charge in [-0.25, -0.2) is 0 Å². The summed E-state index contributed by atoms with van der Waals surface area (Å²) in [6.07, 6.45) is 1.83. The van der Waals surface area contributed by atoms with Gasteiger partial charge in [0, 0.05) is 66.1 Å². The number of carbonyl (C=O) groups excluding carboxylic acids is 9. The molecule has 6 N–H and O–H groups in total. The first kappa shape index (κ1) is 64.8. The molecule has 1 unspecified atom stereocenters. The summed E-state index contributed by atoms with van der Waals surface area (Å²) < 4.78 is 6.08. The number of nitrogens with two attached hydrogens (primary N) is 1. The molecular weight excluding hydrogens is 975 g/mol. The van der Waals surface area contributed by atoms with Gasteiger partial charge in [0.15, 0.2) is 0 Å². The number of likely N-dealkylation sites (N-methyl/N-ethyl adjacent to an activating group) is 4. The molecule has 1 saturated heterocycles. The number of aliphatic hydroxyl groups excluding tert-OH is 1. The Morgan fingerprint density at radius 1 is 0.684 bits per heavy atom. The maximum atomic E-state index is 14.7. The number of benzene rings is 1. The lowest BCUT2D eigenvalue weighted by Gasteiger charge is -2.36.